The van der Waals surface area contributed by atoms with Crippen LogP contribution in [0.3, 0.4) is 0 Å². The standard InChI is InChI=1S/C18H22N4O2/c1-24-14-18(23)20-15-7-8-17(19-13-15)22-11-9-21(10-12-22)16-5-3-2-4-6-16/h2-8,13H,9-12,14H2,1H3,(H,20,23). The maximum atomic E-state index is 11.5. The summed E-state index contributed by atoms with van der Waals surface area (Å²) in [7, 11) is 1.50. The minimum absolute atomic E-state index is 0.0448. The van der Waals surface area contributed by atoms with Crippen LogP contribution in [0.5, 0.6) is 0 Å². The number of aromatic nitrogens is 1. The lowest BCUT2D eigenvalue weighted by molar-refractivity contribution is -0.119. The van der Waals surface area contributed by atoms with Crippen molar-refractivity contribution in [3.63, 3.8) is 0 Å². The zero-order valence-corrected chi connectivity index (χ0v) is 13.8. The van der Waals surface area contributed by atoms with E-state index in [0.29, 0.717) is 5.69 Å². The van der Waals surface area contributed by atoms with Gasteiger partial charge in [0.2, 0.25) is 5.91 Å². The third-order valence-corrected chi connectivity index (χ3v) is 4.03. The zero-order chi connectivity index (χ0) is 16.8. The highest BCUT2D eigenvalue weighted by Crippen LogP contribution is 2.19. The average molecular weight is 326 g/mol. The molecule has 0 radical (unpaired) electrons. The first-order valence-corrected chi connectivity index (χ1v) is 8.06. The topological polar surface area (TPSA) is 57.7 Å². The van der Waals surface area contributed by atoms with Crippen molar-refractivity contribution in [2.75, 3.05) is 55.0 Å². The highest BCUT2D eigenvalue weighted by molar-refractivity contribution is 5.91. The molecule has 126 valence electrons. The molecule has 1 aliphatic heterocycles. The third-order valence-electron chi connectivity index (χ3n) is 4.03. The highest BCUT2D eigenvalue weighted by Gasteiger charge is 2.18. The number of anilines is 3. The predicted molar refractivity (Wildman–Crippen MR) is 95.6 cm³/mol. The molecule has 0 spiro atoms. The van der Waals surface area contributed by atoms with Crippen molar-refractivity contribution in [1.29, 1.82) is 0 Å². The van der Waals surface area contributed by atoms with Crippen LogP contribution in [-0.4, -0.2) is 50.8 Å². The maximum Gasteiger partial charge on any atom is 0.250 e. The molecule has 1 amide bonds. The highest BCUT2D eigenvalue weighted by atomic mass is 16.5. The molecule has 3 rings (SSSR count). The average Bonchev–Trinajstić information content (AvgIpc) is 2.63. The number of amides is 1. The number of pyridine rings is 1. The number of nitrogens with zero attached hydrogens (tertiary/aromatic N) is 3. The fourth-order valence-electron chi connectivity index (χ4n) is 2.81. The van der Waals surface area contributed by atoms with E-state index in [1.54, 1.807) is 6.20 Å². The number of benzene rings is 1. The van der Waals surface area contributed by atoms with Crippen LogP contribution in [0.15, 0.2) is 48.7 Å². The predicted octanol–water partition coefficient (Wildman–Crippen LogP) is 1.99. The Kier molecular flexibility index (Phi) is 5.28. The van der Waals surface area contributed by atoms with Gasteiger partial charge in [-0.1, -0.05) is 18.2 Å². The van der Waals surface area contributed by atoms with Gasteiger partial charge in [-0.25, -0.2) is 4.98 Å². The van der Waals surface area contributed by atoms with E-state index in [1.807, 2.05) is 18.2 Å². The van der Waals surface area contributed by atoms with E-state index >= 15 is 0 Å². The molecule has 2 aromatic rings. The summed E-state index contributed by atoms with van der Waals surface area (Å²) in [5, 5.41) is 2.75. The van der Waals surface area contributed by atoms with Crippen LogP contribution in [0.4, 0.5) is 17.2 Å². The van der Waals surface area contributed by atoms with Crippen LogP contribution in [0.2, 0.25) is 0 Å². The molecule has 1 aromatic carbocycles. The molecule has 6 nitrogen and oxygen atoms in total. The first-order chi connectivity index (χ1) is 11.8. The molecule has 0 saturated carbocycles. The Morgan fingerprint density at radius 2 is 1.79 bits per heavy atom. The minimum Gasteiger partial charge on any atom is -0.375 e. The van der Waals surface area contributed by atoms with Crippen molar-refractivity contribution >= 4 is 23.1 Å². The van der Waals surface area contributed by atoms with E-state index in [1.165, 1.54) is 12.8 Å². The lowest BCUT2D eigenvalue weighted by Crippen LogP contribution is -2.46. The lowest BCUT2D eigenvalue weighted by atomic mass is 10.2. The van der Waals surface area contributed by atoms with Crippen molar-refractivity contribution in [3.05, 3.63) is 48.7 Å². The summed E-state index contributed by atoms with van der Waals surface area (Å²) in [5.41, 5.74) is 1.95. The van der Waals surface area contributed by atoms with Gasteiger partial charge in [0.15, 0.2) is 0 Å². The van der Waals surface area contributed by atoms with Gasteiger partial charge in [-0.05, 0) is 24.3 Å². The Morgan fingerprint density at radius 3 is 2.42 bits per heavy atom. The number of hydrogen-bond donors (Lipinski definition) is 1. The van der Waals surface area contributed by atoms with Crippen LogP contribution >= 0.6 is 0 Å². The minimum atomic E-state index is -0.177. The van der Waals surface area contributed by atoms with E-state index in [4.69, 9.17) is 4.74 Å². The second-order valence-electron chi connectivity index (χ2n) is 5.70. The molecule has 1 N–H and O–H groups in total. The van der Waals surface area contributed by atoms with Gasteiger partial charge in [0.05, 0.1) is 11.9 Å². The van der Waals surface area contributed by atoms with Gasteiger partial charge >= 0.3 is 0 Å². The molecular weight excluding hydrogens is 304 g/mol. The van der Waals surface area contributed by atoms with Gasteiger partial charge in [-0.15, -0.1) is 0 Å². The summed E-state index contributed by atoms with van der Waals surface area (Å²) < 4.78 is 4.80. The second kappa shape index (κ2) is 7.79. The molecule has 24 heavy (non-hydrogen) atoms. The molecular formula is C18H22N4O2. The third kappa shape index (κ3) is 4.02. The van der Waals surface area contributed by atoms with Crippen LogP contribution < -0.4 is 15.1 Å². The summed E-state index contributed by atoms with van der Waals surface area (Å²) >= 11 is 0. The van der Waals surface area contributed by atoms with Crippen molar-refractivity contribution in [3.8, 4) is 0 Å². The van der Waals surface area contributed by atoms with E-state index in [-0.39, 0.29) is 12.5 Å². The van der Waals surface area contributed by atoms with Crippen molar-refractivity contribution in [1.82, 2.24) is 4.98 Å². The number of methoxy groups -OCH3 is 1. The number of ether oxygens (including phenoxy) is 1. The Labute approximate surface area is 142 Å². The Bertz CT molecular complexity index is 652. The first-order valence-electron chi connectivity index (χ1n) is 8.06. The van der Waals surface area contributed by atoms with Gasteiger partial charge in [-0.2, -0.15) is 0 Å². The van der Waals surface area contributed by atoms with Crippen LogP contribution in [-0.2, 0) is 9.53 Å². The summed E-state index contributed by atoms with van der Waals surface area (Å²) in [4.78, 5) is 20.6. The smallest absolute Gasteiger partial charge is 0.250 e. The lowest BCUT2D eigenvalue weighted by Gasteiger charge is -2.36. The van der Waals surface area contributed by atoms with E-state index in [0.717, 1.165) is 32.0 Å². The number of piperazine rings is 1. The molecule has 1 fully saturated rings. The second-order valence-corrected chi connectivity index (χ2v) is 5.70. The Balaban J connectivity index is 1.55. The number of nitrogens with one attached hydrogen (secondary N) is 1. The summed E-state index contributed by atoms with van der Waals surface area (Å²) in [6.07, 6.45) is 1.69. The van der Waals surface area contributed by atoms with Crippen LogP contribution in [0, 0.1) is 0 Å². The number of para-hydroxylation sites is 1. The molecule has 0 aliphatic carbocycles. The van der Waals surface area contributed by atoms with E-state index < -0.39 is 0 Å². The van der Waals surface area contributed by atoms with Gasteiger partial charge in [-0.3, -0.25) is 4.79 Å². The normalized spacial score (nSPS) is 14.5. The monoisotopic (exact) mass is 326 g/mol. The SMILES string of the molecule is COCC(=O)Nc1ccc(N2CCN(c3ccccc3)CC2)nc1. The summed E-state index contributed by atoms with van der Waals surface area (Å²) in [6.45, 7) is 3.84. The zero-order valence-electron chi connectivity index (χ0n) is 13.8. The van der Waals surface area contributed by atoms with Crippen molar-refractivity contribution in [2.24, 2.45) is 0 Å². The van der Waals surface area contributed by atoms with Crippen LogP contribution in [0.1, 0.15) is 0 Å². The molecule has 2 heterocycles. The van der Waals surface area contributed by atoms with E-state index in [2.05, 4.69) is 44.4 Å². The quantitative estimate of drug-likeness (QED) is 0.911. The number of carbonyl (C=O) groups is 1. The Hall–Kier alpha value is -2.60. The van der Waals surface area contributed by atoms with Gasteiger partial charge < -0.3 is 19.9 Å². The molecule has 1 saturated heterocycles. The maximum absolute atomic E-state index is 11.5. The number of carbonyl (C=O) groups excluding carboxylic acids is 1. The van der Waals surface area contributed by atoms with Crippen molar-refractivity contribution in [2.45, 2.75) is 0 Å². The summed E-state index contributed by atoms with van der Waals surface area (Å²) in [5.74, 6) is 0.760. The molecule has 0 unspecified atom stereocenters. The Morgan fingerprint density at radius 1 is 1.08 bits per heavy atom. The van der Waals surface area contributed by atoms with Gasteiger partial charge in [0.1, 0.15) is 12.4 Å². The fourth-order valence-corrected chi connectivity index (χ4v) is 2.81. The molecule has 1 aromatic heterocycles. The van der Waals surface area contributed by atoms with Crippen molar-refractivity contribution < 1.29 is 9.53 Å². The number of hydrogen-bond acceptors (Lipinski definition) is 5. The number of rotatable bonds is 5. The molecule has 0 atom stereocenters. The van der Waals surface area contributed by atoms with E-state index in [9.17, 15) is 4.79 Å². The fraction of sp³-hybridized carbons (Fsp3) is 0.333. The van der Waals surface area contributed by atoms with Crippen LogP contribution in [0.25, 0.3) is 0 Å². The largest absolute Gasteiger partial charge is 0.375 e. The molecule has 6 heteroatoms. The first kappa shape index (κ1) is 16.3. The van der Waals surface area contributed by atoms with Gasteiger partial charge in [0, 0.05) is 39.0 Å². The summed E-state index contributed by atoms with van der Waals surface area (Å²) in [6, 6.07) is 14.3. The molecule has 1 aliphatic rings. The molecule has 0 bridgehead atoms. The van der Waals surface area contributed by atoms with Gasteiger partial charge in [0.25, 0.3) is 0 Å².